The van der Waals surface area contributed by atoms with Crippen molar-refractivity contribution in [3.8, 4) is 0 Å². The van der Waals surface area contributed by atoms with Gasteiger partial charge in [0.2, 0.25) is 0 Å². The van der Waals surface area contributed by atoms with Crippen LogP contribution >= 0.6 is 0 Å². The summed E-state index contributed by atoms with van der Waals surface area (Å²) in [6, 6.07) is 9.10. The van der Waals surface area contributed by atoms with Gasteiger partial charge < -0.3 is 0 Å². The second-order valence-electron chi connectivity index (χ2n) is 4.17. The molecule has 0 saturated carbocycles. The third-order valence-electron chi connectivity index (χ3n) is 2.47. The molecular weight excluding hydrogens is 172 g/mol. The molecule has 0 aliphatic heterocycles. The molecule has 0 bridgehead atoms. The summed E-state index contributed by atoms with van der Waals surface area (Å²) in [5.74, 6) is 5.95. The second kappa shape index (κ2) is 5.13. The van der Waals surface area contributed by atoms with Crippen LogP contribution in [0.25, 0.3) is 0 Å². The number of hydrogen-bond donors (Lipinski definition) is 2. The lowest BCUT2D eigenvalue weighted by atomic mass is 10.00. The van der Waals surface area contributed by atoms with E-state index in [9.17, 15) is 0 Å². The van der Waals surface area contributed by atoms with Crippen molar-refractivity contribution in [1.29, 1.82) is 0 Å². The molecule has 0 aliphatic rings. The average molecular weight is 192 g/mol. The summed E-state index contributed by atoms with van der Waals surface area (Å²) in [7, 11) is 0. The zero-order valence-electron chi connectivity index (χ0n) is 9.25. The normalized spacial score (nSPS) is 13.2. The minimum atomic E-state index is 0.333. The van der Waals surface area contributed by atoms with Gasteiger partial charge in [0.05, 0.1) is 0 Å². The predicted molar refractivity (Wildman–Crippen MR) is 61.0 cm³/mol. The molecule has 1 aromatic rings. The van der Waals surface area contributed by atoms with Crippen molar-refractivity contribution >= 4 is 0 Å². The fourth-order valence-corrected chi connectivity index (χ4v) is 1.45. The topological polar surface area (TPSA) is 38.0 Å². The van der Waals surface area contributed by atoms with E-state index in [4.69, 9.17) is 5.84 Å². The van der Waals surface area contributed by atoms with Crippen LogP contribution in [-0.2, 0) is 6.42 Å². The molecule has 1 aromatic carbocycles. The highest BCUT2D eigenvalue weighted by Gasteiger charge is 2.02. The van der Waals surface area contributed by atoms with E-state index in [-0.39, 0.29) is 0 Å². The van der Waals surface area contributed by atoms with E-state index >= 15 is 0 Å². The first-order valence-corrected chi connectivity index (χ1v) is 5.18. The summed E-state index contributed by atoms with van der Waals surface area (Å²) < 4.78 is 0. The summed E-state index contributed by atoms with van der Waals surface area (Å²) in [6.07, 6.45) is 0.981. The third-order valence-corrected chi connectivity index (χ3v) is 2.47. The quantitative estimate of drug-likeness (QED) is 0.567. The minimum absolute atomic E-state index is 0.333. The van der Waals surface area contributed by atoms with Crippen molar-refractivity contribution in [2.75, 3.05) is 0 Å². The Morgan fingerprint density at radius 1 is 1.14 bits per heavy atom. The van der Waals surface area contributed by atoms with E-state index in [0.717, 1.165) is 6.42 Å². The Morgan fingerprint density at radius 3 is 2.14 bits per heavy atom. The molecule has 0 unspecified atom stereocenters. The van der Waals surface area contributed by atoms with E-state index in [0.29, 0.717) is 12.0 Å². The molecule has 0 saturated heterocycles. The molecule has 3 N–H and O–H groups in total. The van der Waals surface area contributed by atoms with Crippen molar-refractivity contribution in [1.82, 2.24) is 5.43 Å². The van der Waals surface area contributed by atoms with Gasteiger partial charge in [-0.2, -0.15) is 0 Å². The molecular formula is C12H20N2. The minimum Gasteiger partial charge on any atom is -0.271 e. The van der Waals surface area contributed by atoms with Crippen molar-refractivity contribution in [3.05, 3.63) is 35.4 Å². The van der Waals surface area contributed by atoms with Crippen LogP contribution in [0, 0.1) is 0 Å². The average Bonchev–Trinajstić information content (AvgIpc) is 2.18. The van der Waals surface area contributed by atoms with Crippen LogP contribution in [0.2, 0.25) is 0 Å². The Morgan fingerprint density at radius 2 is 1.71 bits per heavy atom. The molecule has 0 aromatic heterocycles. The highest BCUT2D eigenvalue weighted by molar-refractivity contribution is 5.25. The largest absolute Gasteiger partial charge is 0.271 e. The van der Waals surface area contributed by atoms with Crippen LogP contribution < -0.4 is 11.3 Å². The van der Waals surface area contributed by atoms with Crippen molar-refractivity contribution in [2.45, 2.75) is 39.2 Å². The molecule has 0 aliphatic carbocycles. The van der Waals surface area contributed by atoms with Gasteiger partial charge in [0.1, 0.15) is 0 Å². The number of rotatable bonds is 4. The highest BCUT2D eigenvalue weighted by atomic mass is 15.2. The summed E-state index contributed by atoms with van der Waals surface area (Å²) in [6.45, 7) is 6.49. The fourth-order valence-electron chi connectivity index (χ4n) is 1.45. The van der Waals surface area contributed by atoms with Crippen molar-refractivity contribution in [2.24, 2.45) is 5.84 Å². The van der Waals surface area contributed by atoms with Crippen LogP contribution in [0.5, 0.6) is 0 Å². The highest BCUT2D eigenvalue weighted by Crippen LogP contribution is 2.15. The van der Waals surface area contributed by atoms with Crippen LogP contribution in [0.3, 0.4) is 0 Å². The zero-order valence-corrected chi connectivity index (χ0v) is 9.25. The molecule has 78 valence electrons. The van der Waals surface area contributed by atoms with Crippen LogP contribution in [0.15, 0.2) is 24.3 Å². The Hall–Kier alpha value is -0.860. The van der Waals surface area contributed by atoms with Crippen molar-refractivity contribution < 1.29 is 0 Å². The van der Waals surface area contributed by atoms with Gasteiger partial charge in [0, 0.05) is 6.04 Å². The number of nitrogens with one attached hydrogen (secondary N) is 1. The standard InChI is InChI=1S/C12H20N2/c1-9(2)12-6-4-11(5-7-12)8-10(3)14-13/h4-7,9-10,14H,8,13H2,1-3H3/t10-/m0/s1. The van der Waals surface area contributed by atoms with Crippen LogP contribution in [0.1, 0.15) is 37.8 Å². The smallest absolute Gasteiger partial charge is 0.0222 e. The molecule has 0 fully saturated rings. The maximum atomic E-state index is 5.35. The van der Waals surface area contributed by atoms with E-state index in [1.54, 1.807) is 0 Å². The van der Waals surface area contributed by atoms with E-state index in [1.165, 1.54) is 11.1 Å². The van der Waals surface area contributed by atoms with Gasteiger partial charge in [-0.25, -0.2) is 0 Å². The first kappa shape index (κ1) is 11.2. The Bertz CT molecular complexity index is 264. The van der Waals surface area contributed by atoms with Gasteiger partial charge in [-0.05, 0) is 30.4 Å². The third kappa shape index (κ3) is 3.13. The Balaban J connectivity index is 2.64. The summed E-state index contributed by atoms with van der Waals surface area (Å²) in [5, 5.41) is 0. The molecule has 2 nitrogen and oxygen atoms in total. The molecule has 1 atom stereocenters. The molecule has 1 rings (SSSR count). The van der Waals surface area contributed by atoms with Gasteiger partial charge in [0.15, 0.2) is 0 Å². The number of benzene rings is 1. The van der Waals surface area contributed by atoms with E-state index in [1.807, 2.05) is 0 Å². The lowest BCUT2D eigenvalue weighted by molar-refractivity contribution is 0.568. The predicted octanol–water partition coefficient (Wildman–Crippen LogP) is 2.20. The van der Waals surface area contributed by atoms with Crippen LogP contribution in [-0.4, -0.2) is 6.04 Å². The lowest BCUT2D eigenvalue weighted by Crippen LogP contribution is -2.34. The second-order valence-corrected chi connectivity index (χ2v) is 4.17. The van der Waals surface area contributed by atoms with Crippen molar-refractivity contribution in [3.63, 3.8) is 0 Å². The first-order chi connectivity index (χ1) is 6.63. The summed E-state index contributed by atoms with van der Waals surface area (Å²) >= 11 is 0. The summed E-state index contributed by atoms with van der Waals surface area (Å²) in [5.41, 5.74) is 5.47. The molecule has 0 radical (unpaired) electrons. The maximum absolute atomic E-state index is 5.35. The van der Waals surface area contributed by atoms with E-state index in [2.05, 4.69) is 50.5 Å². The molecule has 14 heavy (non-hydrogen) atoms. The molecule has 2 heteroatoms. The number of nitrogens with two attached hydrogens (primary N) is 1. The molecule has 0 heterocycles. The summed E-state index contributed by atoms with van der Waals surface area (Å²) in [4.78, 5) is 0. The van der Waals surface area contributed by atoms with E-state index < -0.39 is 0 Å². The SMILES string of the molecule is CC(C)c1ccc(C[C@H](C)NN)cc1. The molecule has 0 spiro atoms. The van der Waals surface area contributed by atoms with Gasteiger partial charge in [0.25, 0.3) is 0 Å². The number of hydrazine groups is 1. The van der Waals surface area contributed by atoms with Gasteiger partial charge in [-0.15, -0.1) is 0 Å². The number of hydrogen-bond acceptors (Lipinski definition) is 2. The Kier molecular flexibility index (Phi) is 4.11. The van der Waals surface area contributed by atoms with Gasteiger partial charge >= 0.3 is 0 Å². The molecule has 0 amide bonds. The maximum Gasteiger partial charge on any atom is 0.0222 e. The lowest BCUT2D eigenvalue weighted by Gasteiger charge is -2.11. The van der Waals surface area contributed by atoms with Gasteiger partial charge in [-0.1, -0.05) is 38.1 Å². The Labute approximate surface area is 86.5 Å². The van der Waals surface area contributed by atoms with Crippen LogP contribution in [0.4, 0.5) is 0 Å². The van der Waals surface area contributed by atoms with Gasteiger partial charge in [-0.3, -0.25) is 11.3 Å². The monoisotopic (exact) mass is 192 g/mol. The first-order valence-electron chi connectivity index (χ1n) is 5.18. The fraction of sp³-hybridized carbons (Fsp3) is 0.500. The zero-order chi connectivity index (χ0) is 10.6.